The number of ether oxygens (including phenoxy) is 1. The van der Waals surface area contributed by atoms with Crippen LogP contribution in [0.25, 0.3) is 5.69 Å². The summed E-state index contributed by atoms with van der Waals surface area (Å²) < 4.78 is 34.6. The lowest BCUT2D eigenvalue weighted by molar-refractivity contribution is -0.730. The Morgan fingerprint density at radius 2 is 1.82 bits per heavy atom. The van der Waals surface area contributed by atoms with Gasteiger partial charge in [0.25, 0.3) is 4.92 Å². The summed E-state index contributed by atoms with van der Waals surface area (Å²) in [6.45, 7) is 3.69. The standard InChI is InChI=1S/C27H27ClF2N5O5/c1-27(5-6-27)16-40-25-22(15-31-34(26(25)37)20-13-18(29)12-19(30)14-20)32-7-9-33(10-8-32)23(36)11-17-3-2-4-21(28)24(17)35(38)39/h2-4,12-15H,5-11,16H2,1H3,(H,38,39)/q+1. The average molecular weight is 575 g/mol. The molecule has 1 saturated heterocycles. The number of hydrogen-bond donors (Lipinski definition) is 1. The number of carbonyl (C=O) groups excluding carboxylic acids is 1. The quantitative estimate of drug-likeness (QED) is 0.405. The van der Waals surface area contributed by atoms with Crippen molar-refractivity contribution in [3.63, 3.8) is 0 Å². The van der Waals surface area contributed by atoms with Crippen LogP contribution in [0.5, 0.6) is 5.75 Å². The molecule has 210 valence electrons. The summed E-state index contributed by atoms with van der Waals surface area (Å²) in [5.74, 6) is -1.92. The molecule has 1 N–H and O–H groups in total. The Hall–Kier alpha value is -4.06. The number of amides is 1. The molecule has 0 bridgehead atoms. The molecular weight excluding hydrogens is 548 g/mol. The number of para-hydroxylation sites is 1. The van der Waals surface area contributed by atoms with Crippen LogP contribution in [-0.4, -0.2) is 63.5 Å². The summed E-state index contributed by atoms with van der Waals surface area (Å²) in [6, 6.07) is 7.32. The lowest BCUT2D eigenvalue weighted by Gasteiger charge is -2.36. The van der Waals surface area contributed by atoms with Gasteiger partial charge in [0, 0.05) is 43.2 Å². The van der Waals surface area contributed by atoms with Crippen LogP contribution in [0, 0.1) is 22.0 Å². The number of carbonyl (C=O) groups is 1. The highest BCUT2D eigenvalue weighted by atomic mass is 35.5. The Labute approximate surface area is 232 Å². The molecule has 1 aromatic heterocycles. The van der Waals surface area contributed by atoms with E-state index in [1.165, 1.54) is 12.3 Å². The van der Waals surface area contributed by atoms with Gasteiger partial charge in [-0.25, -0.2) is 14.0 Å². The number of nitrogens with zero attached hydrogens (tertiary/aromatic N) is 5. The second-order valence-corrected chi connectivity index (χ2v) is 10.8. The summed E-state index contributed by atoms with van der Waals surface area (Å²) in [7, 11) is 0. The zero-order chi connectivity index (χ0) is 28.6. The maximum Gasteiger partial charge on any atom is 0.338 e. The minimum Gasteiger partial charge on any atom is -0.486 e. The first-order valence-electron chi connectivity index (χ1n) is 12.7. The fourth-order valence-electron chi connectivity index (χ4n) is 4.63. The number of halogens is 3. The van der Waals surface area contributed by atoms with Gasteiger partial charge in [-0.15, -0.1) is 0 Å². The van der Waals surface area contributed by atoms with Crippen molar-refractivity contribution in [2.24, 2.45) is 5.41 Å². The molecule has 5 rings (SSSR count). The lowest BCUT2D eigenvalue weighted by Crippen LogP contribution is -2.49. The second-order valence-electron chi connectivity index (χ2n) is 10.4. The van der Waals surface area contributed by atoms with Crippen molar-refractivity contribution in [3.05, 3.63) is 80.1 Å². The van der Waals surface area contributed by atoms with Gasteiger partial charge in [-0.05, 0) is 31.0 Å². The van der Waals surface area contributed by atoms with E-state index in [1.807, 2.05) is 11.8 Å². The molecule has 3 aromatic rings. The Morgan fingerprint density at radius 3 is 2.45 bits per heavy atom. The predicted molar refractivity (Wildman–Crippen MR) is 142 cm³/mol. The van der Waals surface area contributed by atoms with E-state index >= 15 is 0 Å². The second kappa shape index (κ2) is 10.8. The first kappa shape index (κ1) is 27.5. The Bertz CT molecular complexity index is 1520. The van der Waals surface area contributed by atoms with Gasteiger partial charge in [0.15, 0.2) is 0 Å². The van der Waals surface area contributed by atoms with E-state index < -0.39 is 17.2 Å². The molecule has 13 heteroatoms. The van der Waals surface area contributed by atoms with Gasteiger partial charge in [-0.3, -0.25) is 9.59 Å². The maximum atomic E-state index is 13.9. The molecule has 2 aromatic carbocycles. The molecule has 10 nitrogen and oxygen atoms in total. The average Bonchev–Trinajstić information content (AvgIpc) is 3.64. The van der Waals surface area contributed by atoms with Crippen molar-refractivity contribution >= 4 is 28.9 Å². The van der Waals surface area contributed by atoms with Crippen LogP contribution >= 0.6 is 11.6 Å². The largest absolute Gasteiger partial charge is 0.486 e. The zero-order valence-electron chi connectivity index (χ0n) is 21.6. The van der Waals surface area contributed by atoms with E-state index in [0.717, 1.165) is 29.7 Å². The van der Waals surface area contributed by atoms with E-state index in [2.05, 4.69) is 5.10 Å². The van der Waals surface area contributed by atoms with Crippen LogP contribution in [0.3, 0.4) is 0 Å². The fraction of sp³-hybridized carbons (Fsp3) is 0.370. The number of benzene rings is 2. The van der Waals surface area contributed by atoms with Gasteiger partial charge in [-0.2, -0.15) is 9.78 Å². The normalized spacial score (nSPS) is 16.1. The predicted octanol–water partition coefficient (Wildman–Crippen LogP) is 4.03. The van der Waals surface area contributed by atoms with Gasteiger partial charge >= 0.3 is 11.2 Å². The molecule has 2 heterocycles. The van der Waals surface area contributed by atoms with Crippen LogP contribution in [0.2, 0.25) is 5.02 Å². The molecule has 0 radical (unpaired) electrons. The molecule has 2 aliphatic rings. The van der Waals surface area contributed by atoms with E-state index in [9.17, 15) is 28.5 Å². The molecule has 0 unspecified atom stereocenters. The third kappa shape index (κ3) is 5.76. The van der Waals surface area contributed by atoms with E-state index in [4.69, 9.17) is 16.3 Å². The first-order valence-corrected chi connectivity index (χ1v) is 13.1. The third-order valence-electron chi connectivity index (χ3n) is 7.25. The van der Waals surface area contributed by atoms with Crippen LogP contribution in [-0.2, 0) is 11.2 Å². The Morgan fingerprint density at radius 1 is 1.15 bits per heavy atom. The van der Waals surface area contributed by atoms with E-state index in [1.54, 1.807) is 17.0 Å². The summed E-state index contributed by atoms with van der Waals surface area (Å²) in [5, 5.41) is 13.6. The van der Waals surface area contributed by atoms with Gasteiger partial charge in [0.05, 0.1) is 29.8 Å². The molecule has 1 aliphatic heterocycles. The highest BCUT2D eigenvalue weighted by Gasteiger charge is 2.39. The minimum absolute atomic E-state index is 0.0228. The summed E-state index contributed by atoms with van der Waals surface area (Å²) in [6.07, 6.45) is 3.22. The van der Waals surface area contributed by atoms with Crippen molar-refractivity contribution in [2.75, 3.05) is 37.7 Å². The molecule has 0 atom stereocenters. The van der Waals surface area contributed by atoms with Gasteiger partial charge < -0.3 is 14.5 Å². The van der Waals surface area contributed by atoms with Crippen molar-refractivity contribution < 1.29 is 28.4 Å². The van der Waals surface area contributed by atoms with Gasteiger partial charge in [-0.1, -0.05) is 30.7 Å². The number of rotatable bonds is 8. The van der Waals surface area contributed by atoms with Crippen molar-refractivity contribution in [3.8, 4) is 11.4 Å². The van der Waals surface area contributed by atoms with Gasteiger partial charge in [0.1, 0.15) is 22.3 Å². The minimum atomic E-state index is -0.839. The van der Waals surface area contributed by atoms with Crippen LogP contribution in [0.4, 0.5) is 20.2 Å². The molecule has 40 heavy (non-hydrogen) atoms. The molecule has 1 amide bonds. The SMILES string of the molecule is CC1(COc2c(N3CCN(C(=O)Cc4cccc(Cl)c4[N+](=O)O)CC3)cnn(-c3cc(F)cc(F)c3)c2=O)CC1. The Kier molecular flexibility index (Phi) is 7.45. The van der Waals surface area contributed by atoms with Crippen molar-refractivity contribution in [1.29, 1.82) is 0 Å². The summed E-state index contributed by atoms with van der Waals surface area (Å²) >= 11 is 6.02. The smallest absolute Gasteiger partial charge is 0.338 e. The fourth-order valence-corrected chi connectivity index (χ4v) is 4.89. The maximum absolute atomic E-state index is 13.9. The molecular formula is C27H27ClF2N5O5+. The first-order chi connectivity index (χ1) is 19.0. The summed E-state index contributed by atoms with van der Waals surface area (Å²) in [5.41, 5.74) is -0.206. The topological polar surface area (TPSA) is 108 Å². The zero-order valence-corrected chi connectivity index (χ0v) is 22.4. The summed E-state index contributed by atoms with van der Waals surface area (Å²) in [4.78, 5) is 41.2. The molecule has 2 fully saturated rings. The highest BCUT2D eigenvalue weighted by Crippen LogP contribution is 2.45. The van der Waals surface area contributed by atoms with Crippen molar-refractivity contribution in [1.82, 2.24) is 14.7 Å². The van der Waals surface area contributed by atoms with Crippen LogP contribution in [0.1, 0.15) is 25.3 Å². The van der Waals surface area contributed by atoms with Crippen LogP contribution < -0.4 is 15.2 Å². The number of aromatic nitrogens is 2. The highest BCUT2D eigenvalue weighted by molar-refractivity contribution is 6.32. The van der Waals surface area contributed by atoms with E-state index in [0.29, 0.717) is 50.1 Å². The monoisotopic (exact) mass is 574 g/mol. The number of piperazine rings is 1. The Balaban J connectivity index is 1.35. The number of anilines is 1. The van der Waals surface area contributed by atoms with Crippen LogP contribution in [0.15, 0.2) is 47.4 Å². The van der Waals surface area contributed by atoms with E-state index in [-0.39, 0.29) is 44.8 Å². The molecule has 1 saturated carbocycles. The number of hydrogen-bond acceptors (Lipinski definition) is 6. The molecule has 1 aliphatic carbocycles. The molecule has 0 spiro atoms. The third-order valence-corrected chi connectivity index (χ3v) is 7.56. The lowest BCUT2D eigenvalue weighted by atomic mass is 10.1. The van der Waals surface area contributed by atoms with Crippen molar-refractivity contribution in [2.45, 2.75) is 26.2 Å². The van der Waals surface area contributed by atoms with Gasteiger partial charge in [0.2, 0.25) is 11.7 Å².